The van der Waals surface area contributed by atoms with Gasteiger partial charge in [0, 0.05) is 11.5 Å². The summed E-state index contributed by atoms with van der Waals surface area (Å²) >= 11 is 0. The molecular weight excluding hydrogens is 214 g/mol. The molecule has 1 aromatic carbocycles. The lowest BCUT2D eigenvalue weighted by atomic mass is 10.0. The Kier molecular flexibility index (Phi) is 3.27. The maximum absolute atomic E-state index is 11.7. The summed E-state index contributed by atoms with van der Waals surface area (Å²) in [4.78, 5) is 22.6. The van der Waals surface area contributed by atoms with E-state index in [0.717, 1.165) is 24.7 Å². The zero-order valence-corrected chi connectivity index (χ0v) is 10.2. The Balaban J connectivity index is 2.24. The van der Waals surface area contributed by atoms with Crippen LogP contribution in [0.1, 0.15) is 48.5 Å². The van der Waals surface area contributed by atoms with Crippen molar-refractivity contribution >= 4 is 17.9 Å². The van der Waals surface area contributed by atoms with Gasteiger partial charge >= 0.3 is 0 Å². The van der Waals surface area contributed by atoms with Crippen LogP contribution < -0.4 is 5.32 Å². The van der Waals surface area contributed by atoms with Crippen molar-refractivity contribution in [3.05, 3.63) is 29.3 Å². The summed E-state index contributed by atoms with van der Waals surface area (Å²) in [5, 5.41) is 2.85. The number of carbonyl (C=O) groups is 2. The predicted octanol–water partition coefficient (Wildman–Crippen LogP) is 2.97. The summed E-state index contributed by atoms with van der Waals surface area (Å²) in [6, 6.07) is 5.60. The van der Waals surface area contributed by atoms with Crippen LogP contribution in [0.3, 0.4) is 0 Å². The van der Waals surface area contributed by atoms with E-state index in [2.05, 4.69) is 19.2 Å². The Morgan fingerprint density at radius 2 is 2.12 bits per heavy atom. The quantitative estimate of drug-likeness (QED) is 0.810. The van der Waals surface area contributed by atoms with Gasteiger partial charge in [-0.3, -0.25) is 9.59 Å². The fourth-order valence-corrected chi connectivity index (χ4v) is 1.72. The third-order valence-corrected chi connectivity index (χ3v) is 3.08. The Hall–Kier alpha value is -1.64. The van der Waals surface area contributed by atoms with Gasteiger partial charge < -0.3 is 5.32 Å². The predicted molar refractivity (Wildman–Crippen MR) is 67.3 cm³/mol. The molecule has 0 aromatic heterocycles. The highest BCUT2D eigenvalue weighted by Crippen LogP contribution is 2.31. The minimum atomic E-state index is 0.0361. The van der Waals surface area contributed by atoms with Crippen LogP contribution in [0.4, 0.5) is 5.69 Å². The Bertz CT molecular complexity index is 448. The highest BCUT2D eigenvalue weighted by molar-refractivity contribution is 5.98. The van der Waals surface area contributed by atoms with Crippen molar-refractivity contribution < 1.29 is 9.59 Å². The van der Waals surface area contributed by atoms with Gasteiger partial charge in [0.25, 0.3) is 0 Å². The van der Waals surface area contributed by atoms with Crippen LogP contribution in [0, 0.1) is 5.92 Å². The van der Waals surface area contributed by atoms with E-state index in [1.807, 2.05) is 12.1 Å². The molecule has 0 bridgehead atoms. The van der Waals surface area contributed by atoms with Crippen LogP contribution in [-0.4, -0.2) is 12.2 Å². The number of carbonyl (C=O) groups excluding carboxylic acids is 2. The maximum atomic E-state index is 11.7. The first-order valence-electron chi connectivity index (χ1n) is 6.02. The molecule has 0 aliphatic heterocycles. The molecule has 1 amide bonds. The molecule has 0 saturated heterocycles. The zero-order chi connectivity index (χ0) is 12.4. The standard InChI is InChI=1S/C14H17NO2/c1-9(2)11-5-6-12(8-16)13(7-11)15-14(17)10-3-4-10/h5-10H,3-4H2,1-2H3,(H,15,17). The van der Waals surface area contributed by atoms with Gasteiger partial charge in [-0.2, -0.15) is 0 Å². The molecule has 1 aliphatic rings. The van der Waals surface area contributed by atoms with E-state index in [1.165, 1.54) is 0 Å². The van der Waals surface area contributed by atoms with Crippen molar-refractivity contribution in [3.63, 3.8) is 0 Å². The van der Waals surface area contributed by atoms with Gasteiger partial charge in [-0.1, -0.05) is 19.9 Å². The van der Waals surface area contributed by atoms with Crippen LogP contribution >= 0.6 is 0 Å². The van der Waals surface area contributed by atoms with E-state index in [0.29, 0.717) is 17.2 Å². The molecule has 90 valence electrons. The topological polar surface area (TPSA) is 46.2 Å². The molecule has 0 atom stereocenters. The number of benzene rings is 1. The molecule has 0 spiro atoms. The van der Waals surface area contributed by atoms with Gasteiger partial charge in [-0.15, -0.1) is 0 Å². The number of anilines is 1. The first kappa shape index (κ1) is 11.8. The number of hydrogen-bond acceptors (Lipinski definition) is 2. The van der Waals surface area contributed by atoms with Crippen LogP contribution in [0.2, 0.25) is 0 Å². The van der Waals surface area contributed by atoms with Gasteiger partial charge in [0.05, 0.1) is 5.69 Å². The summed E-state index contributed by atoms with van der Waals surface area (Å²) in [6.07, 6.45) is 2.71. The highest BCUT2D eigenvalue weighted by atomic mass is 16.2. The van der Waals surface area contributed by atoms with Crippen LogP contribution in [0.15, 0.2) is 18.2 Å². The van der Waals surface area contributed by atoms with E-state index in [-0.39, 0.29) is 11.8 Å². The molecule has 1 saturated carbocycles. The van der Waals surface area contributed by atoms with Crippen LogP contribution in [0.5, 0.6) is 0 Å². The second kappa shape index (κ2) is 4.70. The summed E-state index contributed by atoms with van der Waals surface area (Å²) in [5.74, 6) is 0.568. The molecule has 17 heavy (non-hydrogen) atoms. The second-order valence-corrected chi connectivity index (χ2v) is 4.88. The summed E-state index contributed by atoms with van der Waals surface area (Å²) in [7, 11) is 0. The largest absolute Gasteiger partial charge is 0.325 e. The Morgan fingerprint density at radius 3 is 2.65 bits per heavy atom. The maximum Gasteiger partial charge on any atom is 0.227 e. The lowest BCUT2D eigenvalue weighted by Gasteiger charge is -2.11. The molecule has 1 aromatic rings. The highest BCUT2D eigenvalue weighted by Gasteiger charge is 2.29. The van der Waals surface area contributed by atoms with E-state index >= 15 is 0 Å². The Morgan fingerprint density at radius 1 is 1.41 bits per heavy atom. The number of hydrogen-bond donors (Lipinski definition) is 1. The zero-order valence-electron chi connectivity index (χ0n) is 10.2. The van der Waals surface area contributed by atoms with E-state index in [9.17, 15) is 9.59 Å². The molecule has 1 fully saturated rings. The molecule has 2 rings (SSSR count). The van der Waals surface area contributed by atoms with Crippen molar-refractivity contribution in [1.82, 2.24) is 0 Å². The molecule has 1 N–H and O–H groups in total. The van der Waals surface area contributed by atoms with E-state index in [4.69, 9.17) is 0 Å². The first-order valence-corrected chi connectivity index (χ1v) is 6.02. The second-order valence-electron chi connectivity index (χ2n) is 4.88. The number of nitrogens with one attached hydrogen (secondary N) is 1. The van der Waals surface area contributed by atoms with Crippen LogP contribution in [-0.2, 0) is 4.79 Å². The smallest absolute Gasteiger partial charge is 0.227 e. The van der Waals surface area contributed by atoms with Gasteiger partial charge in [-0.25, -0.2) is 0 Å². The van der Waals surface area contributed by atoms with Gasteiger partial charge in [0.2, 0.25) is 5.91 Å². The normalized spacial score (nSPS) is 14.8. The monoisotopic (exact) mass is 231 g/mol. The van der Waals surface area contributed by atoms with Crippen LogP contribution in [0.25, 0.3) is 0 Å². The molecule has 0 radical (unpaired) electrons. The third-order valence-electron chi connectivity index (χ3n) is 3.08. The van der Waals surface area contributed by atoms with E-state index in [1.54, 1.807) is 6.07 Å². The minimum Gasteiger partial charge on any atom is -0.325 e. The van der Waals surface area contributed by atoms with Crippen molar-refractivity contribution in [3.8, 4) is 0 Å². The molecular formula is C14H17NO2. The van der Waals surface area contributed by atoms with Gasteiger partial charge in [0.15, 0.2) is 6.29 Å². The average Bonchev–Trinajstić information content (AvgIpc) is 3.12. The fourth-order valence-electron chi connectivity index (χ4n) is 1.72. The number of amides is 1. The molecule has 3 heteroatoms. The lowest BCUT2D eigenvalue weighted by molar-refractivity contribution is -0.117. The van der Waals surface area contributed by atoms with Crippen molar-refractivity contribution in [2.75, 3.05) is 5.32 Å². The summed E-state index contributed by atoms with van der Waals surface area (Å²) in [5.41, 5.74) is 2.31. The average molecular weight is 231 g/mol. The van der Waals surface area contributed by atoms with Crippen molar-refractivity contribution in [1.29, 1.82) is 0 Å². The van der Waals surface area contributed by atoms with Crippen molar-refractivity contribution in [2.45, 2.75) is 32.6 Å². The molecule has 0 heterocycles. The first-order chi connectivity index (χ1) is 8.11. The Labute approximate surface area is 101 Å². The summed E-state index contributed by atoms with van der Waals surface area (Å²) in [6.45, 7) is 4.17. The van der Waals surface area contributed by atoms with E-state index < -0.39 is 0 Å². The van der Waals surface area contributed by atoms with Crippen molar-refractivity contribution in [2.24, 2.45) is 5.92 Å². The SMILES string of the molecule is CC(C)c1ccc(C=O)c(NC(=O)C2CC2)c1. The molecule has 0 unspecified atom stereocenters. The number of rotatable bonds is 4. The molecule has 3 nitrogen and oxygen atoms in total. The third kappa shape index (κ3) is 2.73. The molecule has 1 aliphatic carbocycles. The lowest BCUT2D eigenvalue weighted by Crippen LogP contribution is -2.15. The number of aldehydes is 1. The minimum absolute atomic E-state index is 0.0361. The van der Waals surface area contributed by atoms with Gasteiger partial charge in [-0.05, 0) is 36.5 Å². The summed E-state index contributed by atoms with van der Waals surface area (Å²) < 4.78 is 0. The fraction of sp³-hybridized carbons (Fsp3) is 0.429. The van der Waals surface area contributed by atoms with Gasteiger partial charge in [0.1, 0.15) is 0 Å².